The van der Waals surface area contributed by atoms with E-state index in [0.717, 1.165) is 32.4 Å². The quantitative estimate of drug-likeness (QED) is 0.727. The average molecular weight is 408 g/mol. The third kappa shape index (κ3) is 4.42. The fourth-order valence-corrected chi connectivity index (χ4v) is 5.46. The third-order valence-corrected chi connectivity index (χ3v) is 8.21. The van der Waals surface area contributed by atoms with Crippen LogP contribution in [-0.4, -0.2) is 73.7 Å². The Morgan fingerprint density at radius 2 is 1.54 bits per heavy atom. The van der Waals surface area contributed by atoms with Gasteiger partial charge in [0.1, 0.15) is 0 Å². The van der Waals surface area contributed by atoms with Crippen LogP contribution < -0.4 is 0 Å². The van der Waals surface area contributed by atoms with Crippen LogP contribution in [0.4, 0.5) is 0 Å². The van der Waals surface area contributed by atoms with Crippen molar-refractivity contribution in [1.82, 2.24) is 14.1 Å². The zero-order valence-electron chi connectivity index (χ0n) is 17.3. The van der Waals surface area contributed by atoms with Crippen molar-refractivity contribution in [2.75, 3.05) is 39.3 Å². The average Bonchev–Trinajstić information content (AvgIpc) is 3.27. The minimum absolute atomic E-state index is 0.175. The third-order valence-electron chi connectivity index (χ3n) is 6.30. The number of amides is 1. The van der Waals surface area contributed by atoms with E-state index in [2.05, 4.69) is 18.7 Å². The van der Waals surface area contributed by atoms with Crippen LogP contribution in [0.25, 0.3) is 0 Å². The lowest BCUT2D eigenvalue weighted by Gasteiger charge is -2.37. The van der Waals surface area contributed by atoms with Crippen molar-refractivity contribution in [2.24, 2.45) is 0 Å². The van der Waals surface area contributed by atoms with Crippen LogP contribution >= 0.6 is 0 Å². The molecule has 6 nitrogen and oxygen atoms in total. The second-order valence-corrected chi connectivity index (χ2v) is 9.96. The van der Waals surface area contributed by atoms with Gasteiger partial charge in [0.05, 0.1) is 10.9 Å². The molecular formula is C21H33N3O3S. The maximum Gasteiger partial charge on any atom is 0.243 e. The van der Waals surface area contributed by atoms with Crippen LogP contribution in [0.15, 0.2) is 29.2 Å². The summed E-state index contributed by atoms with van der Waals surface area (Å²) in [7, 11) is -3.48. The molecule has 1 amide bonds. The zero-order valence-corrected chi connectivity index (χ0v) is 18.1. The first kappa shape index (κ1) is 21.3. The van der Waals surface area contributed by atoms with E-state index in [9.17, 15) is 13.2 Å². The van der Waals surface area contributed by atoms with Gasteiger partial charge in [-0.3, -0.25) is 9.69 Å². The molecule has 2 aliphatic rings. The zero-order chi connectivity index (χ0) is 20.3. The van der Waals surface area contributed by atoms with Crippen molar-refractivity contribution in [3.05, 3.63) is 29.8 Å². The normalized spacial score (nSPS) is 21.6. The molecule has 28 heavy (non-hydrogen) atoms. The van der Waals surface area contributed by atoms with Gasteiger partial charge >= 0.3 is 0 Å². The Bertz CT molecular complexity index is 765. The lowest BCUT2D eigenvalue weighted by Crippen LogP contribution is -2.55. The van der Waals surface area contributed by atoms with Crippen LogP contribution in [-0.2, 0) is 14.8 Å². The van der Waals surface area contributed by atoms with E-state index in [4.69, 9.17) is 0 Å². The highest BCUT2D eigenvalue weighted by Crippen LogP contribution is 2.23. The van der Waals surface area contributed by atoms with Gasteiger partial charge in [0.2, 0.25) is 15.9 Å². The summed E-state index contributed by atoms with van der Waals surface area (Å²) in [5.41, 5.74) is 1.17. The first-order valence-electron chi connectivity index (χ1n) is 10.5. The van der Waals surface area contributed by atoms with Gasteiger partial charge in [0.15, 0.2) is 0 Å². The van der Waals surface area contributed by atoms with Crippen LogP contribution in [0.2, 0.25) is 0 Å². The SMILES string of the molecule is CCC(C)c1ccc(S(=O)(=O)N2CCN(C(C)C(=O)N3CCCC3)CC2)cc1. The second kappa shape index (κ2) is 8.93. The van der Waals surface area contributed by atoms with Crippen molar-refractivity contribution in [3.63, 3.8) is 0 Å². The van der Waals surface area contributed by atoms with Crippen molar-refractivity contribution in [3.8, 4) is 0 Å². The summed E-state index contributed by atoms with van der Waals surface area (Å²) in [5.74, 6) is 0.601. The number of carbonyl (C=O) groups is 1. The number of nitrogens with zero attached hydrogens (tertiary/aromatic N) is 3. The Kier molecular flexibility index (Phi) is 6.78. The summed E-state index contributed by atoms with van der Waals surface area (Å²) in [5, 5.41) is 0. The monoisotopic (exact) mass is 407 g/mol. The van der Waals surface area contributed by atoms with E-state index in [1.807, 2.05) is 24.0 Å². The largest absolute Gasteiger partial charge is 0.341 e. The molecular weight excluding hydrogens is 374 g/mol. The highest BCUT2D eigenvalue weighted by Gasteiger charge is 2.33. The highest BCUT2D eigenvalue weighted by molar-refractivity contribution is 7.89. The fourth-order valence-electron chi connectivity index (χ4n) is 4.04. The maximum absolute atomic E-state index is 13.0. The van der Waals surface area contributed by atoms with E-state index < -0.39 is 10.0 Å². The molecule has 3 rings (SSSR count). The maximum atomic E-state index is 13.0. The molecule has 2 unspecified atom stereocenters. The minimum Gasteiger partial charge on any atom is -0.341 e. The number of hydrogen-bond acceptors (Lipinski definition) is 4. The standard InChI is InChI=1S/C21H33N3O3S/c1-4-17(2)19-7-9-20(10-8-19)28(26,27)24-15-13-22(14-16-24)18(3)21(25)23-11-5-6-12-23/h7-10,17-18H,4-6,11-16H2,1-3H3. The predicted octanol–water partition coefficient (Wildman–Crippen LogP) is 2.52. The molecule has 1 aromatic carbocycles. The molecule has 2 aliphatic heterocycles. The van der Waals surface area contributed by atoms with E-state index in [0.29, 0.717) is 37.0 Å². The topological polar surface area (TPSA) is 60.9 Å². The van der Waals surface area contributed by atoms with Gasteiger partial charge in [-0.05, 0) is 49.8 Å². The van der Waals surface area contributed by atoms with E-state index >= 15 is 0 Å². The Balaban J connectivity index is 1.61. The van der Waals surface area contributed by atoms with Gasteiger partial charge < -0.3 is 4.90 Å². The summed E-state index contributed by atoms with van der Waals surface area (Å²) < 4.78 is 27.5. The smallest absolute Gasteiger partial charge is 0.243 e. The van der Waals surface area contributed by atoms with Gasteiger partial charge in [-0.1, -0.05) is 26.0 Å². The predicted molar refractivity (Wildman–Crippen MR) is 111 cm³/mol. The van der Waals surface area contributed by atoms with Crippen molar-refractivity contribution in [2.45, 2.75) is 56.9 Å². The van der Waals surface area contributed by atoms with Crippen LogP contribution in [0.1, 0.15) is 51.5 Å². The molecule has 2 fully saturated rings. The van der Waals surface area contributed by atoms with Crippen LogP contribution in [0.5, 0.6) is 0 Å². The van der Waals surface area contributed by atoms with E-state index in [1.54, 1.807) is 16.4 Å². The lowest BCUT2D eigenvalue weighted by molar-refractivity contribution is -0.135. The van der Waals surface area contributed by atoms with Crippen LogP contribution in [0.3, 0.4) is 0 Å². The molecule has 2 saturated heterocycles. The van der Waals surface area contributed by atoms with Crippen LogP contribution in [0, 0.1) is 0 Å². The lowest BCUT2D eigenvalue weighted by atomic mass is 9.99. The molecule has 0 saturated carbocycles. The fraction of sp³-hybridized carbons (Fsp3) is 0.667. The minimum atomic E-state index is -3.48. The second-order valence-electron chi connectivity index (χ2n) is 8.03. The summed E-state index contributed by atoms with van der Waals surface area (Å²) in [6, 6.07) is 7.12. The Labute approximate surface area is 169 Å². The molecule has 0 spiro atoms. The number of benzene rings is 1. The van der Waals surface area contributed by atoms with Crippen molar-refractivity contribution < 1.29 is 13.2 Å². The molecule has 2 heterocycles. The summed E-state index contributed by atoms with van der Waals surface area (Å²) >= 11 is 0. The van der Waals surface area contributed by atoms with Gasteiger partial charge in [0.25, 0.3) is 0 Å². The van der Waals surface area contributed by atoms with E-state index in [1.165, 1.54) is 5.56 Å². The van der Waals surface area contributed by atoms with Crippen molar-refractivity contribution in [1.29, 1.82) is 0 Å². The first-order valence-corrected chi connectivity index (χ1v) is 11.9. The number of piperazine rings is 1. The van der Waals surface area contributed by atoms with E-state index in [-0.39, 0.29) is 11.9 Å². The van der Waals surface area contributed by atoms with Gasteiger partial charge in [-0.15, -0.1) is 0 Å². The Hall–Kier alpha value is -1.44. The summed E-state index contributed by atoms with van der Waals surface area (Å²) in [6.07, 6.45) is 3.20. The molecule has 156 valence electrons. The number of carbonyl (C=O) groups excluding carboxylic acids is 1. The summed E-state index contributed by atoms with van der Waals surface area (Å²) in [6.45, 7) is 9.94. The number of rotatable bonds is 6. The van der Waals surface area contributed by atoms with Gasteiger partial charge in [0, 0.05) is 39.3 Å². The molecule has 7 heteroatoms. The molecule has 0 aliphatic carbocycles. The molecule has 0 radical (unpaired) electrons. The van der Waals surface area contributed by atoms with Gasteiger partial charge in [-0.2, -0.15) is 4.31 Å². The molecule has 0 bridgehead atoms. The highest BCUT2D eigenvalue weighted by atomic mass is 32.2. The number of likely N-dealkylation sites (tertiary alicyclic amines) is 1. The molecule has 0 aromatic heterocycles. The number of hydrogen-bond donors (Lipinski definition) is 0. The molecule has 2 atom stereocenters. The Morgan fingerprint density at radius 1 is 0.964 bits per heavy atom. The Morgan fingerprint density at radius 3 is 2.07 bits per heavy atom. The van der Waals surface area contributed by atoms with Gasteiger partial charge in [-0.25, -0.2) is 8.42 Å². The first-order chi connectivity index (χ1) is 13.3. The molecule has 0 N–H and O–H groups in total. The molecule has 1 aromatic rings. The van der Waals surface area contributed by atoms with Crippen molar-refractivity contribution >= 4 is 15.9 Å². The summed E-state index contributed by atoms with van der Waals surface area (Å²) in [4.78, 5) is 17.0. The number of sulfonamides is 1.